The molecule has 0 radical (unpaired) electrons. The average molecular weight is 260 g/mol. The van der Waals surface area contributed by atoms with E-state index in [1.165, 1.54) is 0 Å². The molecular weight excluding hydrogens is 240 g/mol. The Morgan fingerprint density at radius 3 is 2.95 bits per heavy atom. The van der Waals surface area contributed by atoms with Crippen LogP contribution >= 0.6 is 0 Å². The van der Waals surface area contributed by atoms with E-state index in [4.69, 9.17) is 0 Å². The van der Waals surface area contributed by atoms with Gasteiger partial charge in [-0.25, -0.2) is 4.99 Å². The van der Waals surface area contributed by atoms with Crippen molar-refractivity contribution in [2.24, 2.45) is 4.99 Å². The molecule has 2 rings (SSSR count). The second-order valence-electron chi connectivity index (χ2n) is 4.17. The SMILES string of the molecule is CCCNC(=NCc1nnc2ccccn12)NCC. The molecule has 0 spiro atoms. The highest BCUT2D eigenvalue weighted by Crippen LogP contribution is 2.03. The molecule has 0 bridgehead atoms. The highest BCUT2D eigenvalue weighted by atomic mass is 15.3. The zero-order valence-electron chi connectivity index (χ0n) is 11.4. The van der Waals surface area contributed by atoms with E-state index < -0.39 is 0 Å². The van der Waals surface area contributed by atoms with E-state index in [2.05, 4.69) is 39.7 Å². The van der Waals surface area contributed by atoms with Gasteiger partial charge in [-0.3, -0.25) is 4.40 Å². The molecule has 6 nitrogen and oxygen atoms in total. The number of aliphatic imine (C=N–C) groups is 1. The third-order valence-corrected chi connectivity index (χ3v) is 2.65. The predicted octanol–water partition coefficient (Wildman–Crippen LogP) is 1.19. The third kappa shape index (κ3) is 3.43. The van der Waals surface area contributed by atoms with Crippen molar-refractivity contribution in [3.63, 3.8) is 0 Å². The Kier molecular flexibility index (Phi) is 4.72. The van der Waals surface area contributed by atoms with Crippen molar-refractivity contribution in [2.75, 3.05) is 13.1 Å². The van der Waals surface area contributed by atoms with Crippen LogP contribution in [0.15, 0.2) is 29.4 Å². The molecule has 0 aliphatic heterocycles. The zero-order valence-corrected chi connectivity index (χ0v) is 11.4. The maximum Gasteiger partial charge on any atom is 0.191 e. The third-order valence-electron chi connectivity index (χ3n) is 2.65. The molecule has 0 fully saturated rings. The fourth-order valence-electron chi connectivity index (χ4n) is 1.73. The summed E-state index contributed by atoms with van der Waals surface area (Å²) in [4.78, 5) is 4.51. The van der Waals surface area contributed by atoms with Crippen LogP contribution in [-0.2, 0) is 6.54 Å². The first kappa shape index (κ1) is 13.3. The van der Waals surface area contributed by atoms with Crippen LogP contribution in [0.5, 0.6) is 0 Å². The molecule has 19 heavy (non-hydrogen) atoms. The molecular formula is C13H20N6. The summed E-state index contributed by atoms with van der Waals surface area (Å²) in [6.45, 7) is 6.44. The van der Waals surface area contributed by atoms with Crippen LogP contribution in [0.25, 0.3) is 5.65 Å². The molecule has 0 saturated heterocycles. The van der Waals surface area contributed by atoms with Crippen molar-refractivity contribution in [3.8, 4) is 0 Å². The molecule has 102 valence electrons. The monoisotopic (exact) mass is 260 g/mol. The van der Waals surface area contributed by atoms with Crippen LogP contribution in [0.2, 0.25) is 0 Å². The van der Waals surface area contributed by atoms with E-state index in [0.717, 1.165) is 36.9 Å². The number of hydrogen-bond acceptors (Lipinski definition) is 3. The van der Waals surface area contributed by atoms with Crippen LogP contribution in [-0.4, -0.2) is 33.6 Å². The molecule has 2 heterocycles. The van der Waals surface area contributed by atoms with E-state index in [-0.39, 0.29) is 0 Å². The van der Waals surface area contributed by atoms with Gasteiger partial charge >= 0.3 is 0 Å². The lowest BCUT2D eigenvalue weighted by Crippen LogP contribution is -2.37. The number of pyridine rings is 1. The first-order chi connectivity index (χ1) is 9.35. The Balaban J connectivity index is 2.10. The average Bonchev–Trinajstić information content (AvgIpc) is 2.85. The number of nitrogens with zero attached hydrogens (tertiary/aromatic N) is 4. The van der Waals surface area contributed by atoms with Gasteiger partial charge in [-0.15, -0.1) is 10.2 Å². The van der Waals surface area contributed by atoms with Gasteiger partial charge in [0.25, 0.3) is 0 Å². The van der Waals surface area contributed by atoms with Gasteiger partial charge in [0.2, 0.25) is 0 Å². The van der Waals surface area contributed by atoms with Crippen molar-refractivity contribution < 1.29 is 0 Å². The molecule has 2 N–H and O–H groups in total. The van der Waals surface area contributed by atoms with Gasteiger partial charge in [0, 0.05) is 19.3 Å². The fraction of sp³-hybridized carbons (Fsp3) is 0.462. The van der Waals surface area contributed by atoms with Crippen LogP contribution in [0.4, 0.5) is 0 Å². The minimum Gasteiger partial charge on any atom is -0.357 e. The fourth-order valence-corrected chi connectivity index (χ4v) is 1.73. The number of rotatable bonds is 5. The summed E-state index contributed by atoms with van der Waals surface area (Å²) in [5, 5.41) is 14.7. The lowest BCUT2D eigenvalue weighted by molar-refractivity contribution is 0.776. The molecule has 0 amide bonds. The van der Waals surface area contributed by atoms with Crippen molar-refractivity contribution in [2.45, 2.75) is 26.8 Å². The van der Waals surface area contributed by atoms with Gasteiger partial charge in [-0.1, -0.05) is 13.0 Å². The van der Waals surface area contributed by atoms with Gasteiger partial charge in [-0.2, -0.15) is 0 Å². The molecule has 0 unspecified atom stereocenters. The van der Waals surface area contributed by atoms with Crippen LogP contribution in [0.3, 0.4) is 0 Å². The van der Waals surface area contributed by atoms with E-state index in [1.54, 1.807) is 0 Å². The Hall–Kier alpha value is -2.11. The molecule has 0 saturated carbocycles. The van der Waals surface area contributed by atoms with Crippen molar-refractivity contribution in [3.05, 3.63) is 30.2 Å². The van der Waals surface area contributed by atoms with Gasteiger partial charge < -0.3 is 10.6 Å². The predicted molar refractivity (Wildman–Crippen MR) is 76.1 cm³/mol. The molecule has 0 aliphatic rings. The summed E-state index contributed by atoms with van der Waals surface area (Å²) in [6, 6.07) is 5.84. The summed E-state index contributed by atoms with van der Waals surface area (Å²) < 4.78 is 1.95. The molecule has 0 aromatic carbocycles. The topological polar surface area (TPSA) is 66.6 Å². The summed E-state index contributed by atoms with van der Waals surface area (Å²) in [7, 11) is 0. The number of nitrogens with one attached hydrogen (secondary N) is 2. The lowest BCUT2D eigenvalue weighted by Gasteiger charge is -2.09. The smallest absolute Gasteiger partial charge is 0.191 e. The Morgan fingerprint density at radius 2 is 2.16 bits per heavy atom. The maximum absolute atomic E-state index is 4.51. The minimum absolute atomic E-state index is 0.504. The molecule has 2 aromatic heterocycles. The van der Waals surface area contributed by atoms with Crippen molar-refractivity contribution in [1.29, 1.82) is 0 Å². The summed E-state index contributed by atoms with van der Waals surface area (Å²) in [5.41, 5.74) is 0.846. The second kappa shape index (κ2) is 6.72. The van der Waals surface area contributed by atoms with Gasteiger partial charge in [0.15, 0.2) is 17.4 Å². The molecule has 2 aromatic rings. The minimum atomic E-state index is 0.504. The quantitative estimate of drug-likeness (QED) is 0.626. The molecule has 6 heteroatoms. The van der Waals surface area contributed by atoms with Crippen LogP contribution in [0, 0.1) is 0 Å². The first-order valence-corrected chi connectivity index (χ1v) is 6.66. The standard InChI is InChI=1S/C13H20N6/c1-3-8-15-13(14-4-2)16-10-12-18-17-11-7-5-6-9-19(11)12/h5-7,9H,3-4,8,10H2,1-2H3,(H2,14,15,16). The largest absolute Gasteiger partial charge is 0.357 e. The number of aromatic nitrogens is 3. The van der Waals surface area contributed by atoms with E-state index >= 15 is 0 Å². The van der Waals surface area contributed by atoms with Crippen molar-refractivity contribution in [1.82, 2.24) is 25.2 Å². The highest BCUT2D eigenvalue weighted by molar-refractivity contribution is 5.79. The first-order valence-electron chi connectivity index (χ1n) is 6.66. The van der Waals surface area contributed by atoms with E-state index in [9.17, 15) is 0 Å². The number of fused-ring (bicyclic) bond motifs is 1. The molecule has 0 aliphatic carbocycles. The maximum atomic E-state index is 4.51. The summed E-state index contributed by atoms with van der Waals surface area (Å²) in [5.74, 6) is 1.65. The van der Waals surface area contributed by atoms with Gasteiger partial charge in [-0.05, 0) is 25.5 Å². The number of hydrogen-bond donors (Lipinski definition) is 2. The normalized spacial score (nSPS) is 11.8. The Bertz CT molecular complexity index is 545. The zero-order chi connectivity index (χ0) is 13.5. The van der Waals surface area contributed by atoms with Gasteiger partial charge in [0.05, 0.1) is 0 Å². The second-order valence-corrected chi connectivity index (χ2v) is 4.17. The van der Waals surface area contributed by atoms with Crippen molar-refractivity contribution >= 4 is 11.6 Å². The highest BCUT2D eigenvalue weighted by Gasteiger charge is 2.04. The van der Waals surface area contributed by atoms with Crippen LogP contribution in [0.1, 0.15) is 26.1 Å². The summed E-state index contributed by atoms with van der Waals surface area (Å²) >= 11 is 0. The number of guanidine groups is 1. The lowest BCUT2D eigenvalue weighted by atomic mass is 10.4. The van der Waals surface area contributed by atoms with E-state index in [0.29, 0.717) is 6.54 Å². The van der Waals surface area contributed by atoms with E-state index in [1.807, 2.05) is 28.8 Å². The summed E-state index contributed by atoms with van der Waals surface area (Å²) in [6.07, 6.45) is 3.02. The molecule has 0 atom stereocenters. The van der Waals surface area contributed by atoms with Gasteiger partial charge in [0.1, 0.15) is 6.54 Å². The Morgan fingerprint density at radius 1 is 1.26 bits per heavy atom. The Labute approximate surface area is 113 Å². The van der Waals surface area contributed by atoms with Crippen LogP contribution < -0.4 is 10.6 Å².